The maximum Gasteiger partial charge on any atom is 0.341 e. The van der Waals surface area contributed by atoms with Crippen LogP contribution in [0.15, 0.2) is 0 Å². The molecule has 1 amide bonds. The second kappa shape index (κ2) is 9.48. The molecule has 0 spiro atoms. The van der Waals surface area contributed by atoms with Crippen LogP contribution in [0.2, 0.25) is 0 Å². The van der Waals surface area contributed by atoms with Crippen molar-refractivity contribution in [3.8, 4) is 0 Å². The molecule has 1 saturated heterocycles. The number of aryl methyl sites for hydroxylation is 1. The highest BCUT2D eigenvalue weighted by Gasteiger charge is 2.26. The van der Waals surface area contributed by atoms with Crippen LogP contribution in [-0.2, 0) is 31.8 Å². The molecular formula is C19H27NO5S. The van der Waals surface area contributed by atoms with Crippen molar-refractivity contribution in [3.63, 3.8) is 0 Å². The van der Waals surface area contributed by atoms with E-state index in [-0.39, 0.29) is 24.4 Å². The molecule has 144 valence electrons. The lowest BCUT2D eigenvalue weighted by Crippen LogP contribution is -2.19. The third kappa shape index (κ3) is 4.84. The first-order valence-electron chi connectivity index (χ1n) is 9.41. The fraction of sp³-hybridized carbons (Fsp3) is 0.684. The van der Waals surface area contributed by atoms with Crippen molar-refractivity contribution in [1.82, 2.24) is 0 Å². The van der Waals surface area contributed by atoms with Crippen molar-refractivity contribution >= 4 is 28.2 Å². The Bertz CT molecular complexity index is 636. The van der Waals surface area contributed by atoms with Crippen LogP contribution >= 0.6 is 11.3 Å². The summed E-state index contributed by atoms with van der Waals surface area (Å²) in [4.78, 5) is 25.7. The van der Waals surface area contributed by atoms with Gasteiger partial charge in [0.25, 0.3) is 0 Å². The number of thiophene rings is 1. The molecule has 2 heterocycles. The number of anilines is 1. The van der Waals surface area contributed by atoms with Crippen molar-refractivity contribution < 1.29 is 23.8 Å². The molecule has 1 aliphatic heterocycles. The zero-order valence-corrected chi connectivity index (χ0v) is 16.1. The Morgan fingerprint density at radius 2 is 2.08 bits per heavy atom. The Morgan fingerprint density at radius 1 is 1.23 bits per heavy atom. The van der Waals surface area contributed by atoms with Crippen molar-refractivity contribution in [3.05, 3.63) is 16.0 Å². The van der Waals surface area contributed by atoms with Crippen LogP contribution in [0.4, 0.5) is 5.00 Å². The van der Waals surface area contributed by atoms with Gasteiger partial charge in [0.05, 0.1) is 38.4 Å². The summed E-state index contributed by atoms with van der Waals surface area (Å²) < 4.78 is 16.0. The van der Waals surface area contributed by atoms with Gasteiger partial charge in [-0.15, -0.1) is 11.3 Å². The average molecular weight is 381 g/mol. The predicted molar refractivity (Wildman–Crippen MR) is 100.0 cm³/mol. The van der Waals surface area contributed by atoms with Crippen molar-refractivity contribution in [2.45, 2.75) is 57.5 Å². The van der Waals surface area contributed by atoms with Gasteiger partial charge in [0.1, 0.15) is 5.00 Å². The fourth-order valence-electron chi connectivity index (χ4n) is 3.49. The topological polar surface area (TPSA) is 73.9 Å². The highest BCUT2D eigenvalue weighted by molar-refractivity contribution is 7.17. The SMILES string of the molecule is COC(=O)c1c(NC(=O)CCOCC2CCCO2)sc2c1CCCCC2. The lowest BCUT2D eigenvalue weighted by molar-refractivity contribution is -0.117. The second-order valence-electron chi connectivity index (χ2n) is 6.77. The minimum absolute atomic E-state index is 0.140. The molecule has 2 aliphatic rings. The summed E-state index contributed by atoms with van der Waals surface area (Å²) in [5, 5.41) is 3.52. The lowest BCUT2D eigenvalue weighted by Gasteiger charge is -2.10. The summed E-state index contributed by atoms with van der Waals surface area (Å²) in [7, 11) is 1.38. The largest absolute Gasteiger partial charge is 0.465 e. The number of methoxy groups -OCH3 is 1. The summed E-state index contributed by atoms with van der Waals surface area (Å²) in [5.41, 5.74) is 1.60. The molecule has 0 saturated carbocycles. The van der Waals surface area contributed by atoms with E-state index in [2.05, 4.69) is 5.32 Å². The standard InChI is InChI=1S/C19H27NO5S/c1-23-19(22)17-14-7-3-2-4-8-15(14)26-18(17)20-16(21)9-11-24-12-13-6-5-10-25-13/h13H,2-12H2,1H3,(H,20,21). The van der Waals surface area contributed by atoms with Crippen LogP contribution in [0.3, 0.4) is 0 Å². The van der Waals surface area contributed by atoms with Crippen LogP contribution in [0.1, 0.15) is 59.3 Å². The molecule has 1 unspecified atom stereocenters. The maximum atomic E-state index is 12.3. The van der Waals surface area contributed by atoms with Gasteiger partial charge in [-0.05, 0) is 44.1 Å². The Balaban J connectivity index is 1.57. The maximum absolute atomic E-state index is 12.3. The molecular weight excluding hydrogens is 354 g/mol. The van der Waals surface area contributed by atoms with E-state index in [9.17, 15) is 9.59 Å². The van der Waals surface area contributed by atoms with Crippen LogP contribution in [0.5, 0.6) is 0 Å². The third-order valence-electron chi connectivity index (χ3n) is 4.86. The molecule has 6 nitrogen and oxygen atoms in total. The molecule has 0 bridgehead atoms. The fourth-order valence-corrected chi connectivity index (χ4v) is 4.79. The van der Waals surface area contributed by atoms with Crippen LogP contribution in [0.25, 0.3) is 0 Å². The summed E-state index contributed by atoms with van der Waals surface area (Å²) in [6.45, 7) is 1.69. The molecule has 1 aromatic rings. The first-order chi connectivity index (χ1) is 12.7. The summed E-state index contributed by atoms with van der Waals surface area (Å²) in [6.07, 6.45) is 7.72. The quantitative estimate of drug-likeness (QED) is 0.445. The smallest absolute Gasteiger partial charge is 0.341 e. The number of amides is 1. The van der Waals surface area contributed by atoms with Crippen LogP contribution < -0.4 is 5.32 Å². The number of fused-ring (bicyclic) bond motifs is 1. The monoisotopic (exact) mass is 381 g/mol. The minimum Gasteiger partial charge on any atom is -0.465 e. The van der Waals surface area contributed by atoms with E-state index in [1.54, 1.807) is 0 Å². The Kier molecular flexibility index (Phi) is 7.05. The first kappa shape index (κ1) is 19.3. The molecule has 3 rings (SSSR count). The Morgan fingerprint density at radius 3 is 2.85 bits per heavy atom. The van der Waals surface area contributed by atoms with E-state index < -0.39 is 0 Å². The normalized spacial score (nSPS) is 19.7. The predicted octanol–water partition coefficient (Wildman–Crippen LogP) is 3.33. The Labute approximate surface area is 158 Å². The molecule has 7 heteroatoms. The third-order valence-corrected chi connectivity index (χ3v) is 6.07. The lowest BCUT2D eigenvalue weighted by atomic mass is 10.1. The van der Waals surface area contributed by atoms with Gasteiger partial charge in [0, 0.05) is 11.5 Å². The van der Waals surface area contributed by atoms with Gasteiger partial charge in [-0.1, -0.05) is 6.42 Å². The first-order valence-corrected chi connectivity index (χ1v) is 10.2. The van der Waals surface area contributed by atoms with Gasteiger partial charge in [-0.2, -0.15) is 0 Å². The Hall–Kier alpha value is -1.44. The van der Waals surface area contributed by atoms with E-state index in [1.807, 2.05) is 0 Å². The molecule has 1 aliphatic carbocycles. The number of ether oxygens (including phenoxy) is 3. The van der Waals surface area contributed by atoms with E-state index >= 15 is 0 Å². The number of hydrogen-bond donors (Lipinski definition) is 1. The second-order valence-corrected chi connectivity index (χ2v) is 7.87. The highest BCUT2D eigenvalue weighted by Crippen LogP contribution is 2.38. The van der Waals surface area contributed by atoms with Crippen molar-refractivity contribution in [2.75, 3.05) is 32.2 Å². The van der Waals surface area contributed by atoms with Gasteiger partial charge >= 0.3 is 5.97 Å². The molecule has 26 heavy (non-hydrogen) atoms. The van der Waals surface area contributed by atoms with E-state index in [0.29, 0.717) is 23.8 Å². The van der Waals surface area contributed by atoms with Gasteiger partial charge < -0.3 is 19.5 Å². The summed E-state index contributed by atoms with van der Waals surface area (Å²) >= 11 is 1.51. The number of hydrogen-bond acceptors (Lipinski definition) is 6. The van der Waals surface area contributed by atoms with Crippen LogP contribution in [-0.4, -0.2) is 44.9 Å². The van der Waals surface area contributed by atoms with E-state index in [0.717, 1.165) is 50.7 Å². The number of esters is 1. The van der Waals surface area contributed by atoms with Crippen molar-refractivity contribution in [1.29, 1.82) is 0 Å². The summed E-state index contributed by atoms with van der Waals surface area (Å²) in [5.74, 6) is -0.506. The van der Waals surface area contributed by atoms with E-state index in [1.165, 1.54) is 29.7 Å². The van der Waals surface area contributed by atoms with Gasteiger partial charge in [-0.25, -0.2) is 4.79 Å². The number of carbonyl (C=O) groups is 2. The zero-order chi connectivity index (χ0) is 18.4. The molecule has 1 fully saturated rings. The van der Waals surface area contributed by atoms with E-state index in [4.69, 9.17) is 14.2 Å². The highest BCUT2D eigenvalue weighted by atomic mass is 32.1. The van der Waals surface area contributed by atoms with Gasteiger partial charge in [0.2, 0.25) is 5.91 Å². The average Bonchev–Trinajstić information content (AvgIpc) is 3.20. The van der Waals surface area contributed by atoms with Crippen molar-refractivity contribution in [2.24, 2.45) is 0 Å². The number of carbonyl (C=O) groups excluding carboxylic acids is 2. The van der Waals surface area contributed by atoms with Gasteiger partial charge in [-0.3, -0.25) is 4.79 Å². The molecule has 0 aromatic carbocycles. The minimum atomic E-state index is -0.366. The zero-order valence-electron chi connectivity index (χ0n) is 15.3. The number of rotatable bonds is 7. The molecule has 1 N–H and O–H groups in total. The number of nitrogens with one attached hydrogen (secondary N) is 1. The molecule has 0 radical (unpaired) electrons. The van der Waals surface area contributed by atoms with Gasteiger partial charge in [0.15, 0.2) is 0 Å². The molecule has 1 atom stereocenters. The van der Waals surface area contributed by atoms with Crippen LogP contribution in [0, 0.1) is 0 Å². The summed E-state index contributed by atoms with van der Waals surface area (Å²) in [6, 6.07) is 0. The molecule has 1 aromatic heterocycles.